The van der Waals surface area contributed by atoms with E-state index >= 15 is 0 Å². The molecule has 1 aromatic carbocycles. The lowest BCUT2D eigenvalue weighted by molar-refractivity contribution is 0.601. The lowest BCUT2D eigenvalue weighted by Crippen LogP contribution is -2.18. The number of nitrogens with two attached hydrogens (primary N) is 1. The predicted molar refractivity (Wildman–Crippen MR) is 82.0 cm³/mol. The van der Waals surface area contributed by atoms with Gasteiger partial charge in [0, 0.05) is 15.5 Å². The number of halogens is 1. The van der Waals surface area contributed by atoms with Gasteiger partial charge in [-0.25, -0.2) is 19.2 Å². The monoisotopic (exact) mass is 390 g/mol. The average molecular weight is 390 g/mol. The zero-order valence-corrected chi connectivity index (χ0v) is 12.6. The number of nitrogens with zero attached hydrogens (tertiary/aromatic N) is 1. The minimum Gasteiger partial charge on any atom is -0.307 e. The minimum absolute atomic E-state index is 0.00366. The molecule has 2 aromatic rings. The highest BCUT2D eigenvalue weighted by atomic mass is 127. The third kappa shape index (κ3) is 3.33. The van der Waals surface area contributed by atoms with E-state index in [9.17, 15) is 8.42 Å². The van der Waals surface area contributed by atoms with Crippen molar-refractivity contribution in [1.29, 1.82) is 0 Å². The number of hydrogen-bond acceptors (Lipinski definition) is 5. The number of benzene rings is 1. The number of anilines is 2. The van der Waals surface area contributed by atoms with E-state index in [0.717, 1.165) is 3.57 Å². The summed E-state index contributed by atoms with van der Waals surface area (Å²) in [6.45, 7) is 0. The van der Waals surface area contributed by atoms with E-state index in [2.05, 4.69) is 37.7 Å². The first kappa shape index (κ1) is 14.0. The maximum absolute atomic E-state index is 12.2. The number of hydrogen-bond donors (Lipinski definition) is 3. The van der Waals surface area contributed by atoms with Crippen molar-refractivity contribution in [2.24, 2.45) is 5.84 Å². The summed E-state index contributed by atoms with van der Waals surface area (Å²) >= 11 is 2.14. The maximum atomic E-state index is 12.2. The molecule has 0 fully saturated rings. The summed E-state index contributed by atoms with van der Waals surface area (Å²) in [6.07, 6.45) is 1.46. The molecule has 0 radical (unpaired) electrons. The average Bonchev–Trinajstić information content (AvgIpc) is 2.41. The van der Waals surface area contributed by atoms with Gasteiger partial charge in [-0.15, -0.1) is 0 Å². The van der Waals surface area contributed by atoms with Gasteiger partial charge in [0.2, 0.25) is 0 Å². The first-order chi connectivity index (χ1) is 9.03. The van der Waals surface area contributed by atoms with Crippen LogP contribution in [0.25, 0.3) is 0 Å². The Morgan fingerprint density at radius 1 is 1.16 bits per heavy atom. The molecule has 0 atom stereocenters. The fourth-order valence-corrected chi connectivity index (χ4v) is 2.98. The molecule has 0 saturated heterocycles. The molecule has 0 aliphatic rings. The largest absolute Gasteiger partial charge is 0.307 e. The molecular weight excluding hydrogens is 379 g/mol. The zero-order valence-electron chi connectivity index (χ0n) is 9.67. The zero-order chi connectivity index (χ0) is 13.9. The Kier molecular flexibility index (Phi) is 4.22. The first-order valence-electron chi connectivity index (χ1n) is 5.23. The second-order valence-electron chi connectivity index (χ2n) is 3.61. The molecule has 19 heavy (non-hydrogen) atoms. The molecular formula is C11H11IN4O2S. The van der Waals surface area contributed by atoms with Crippen LogP contribution in [0, 0.1) is 3.57 Å². The molecule has 0 unspecified atom stereocenters. The Labute approximate surface area is 124 Å². The third-order valence-electron chi connectivity index (χ3n) is 2.29. The van der Waals surface area contributed by atoms with Crippen molar-refractivity contribution >= 4 is 44.1 Å². The van der Waals surface area contributed by atoms with E-state index in [4.69, 9.17) is 5.84 Å². The summed E-state index contributed by atoms with van der Waals surface area (Å²) in [5.74, 6) is 5.35. The Morgan fingerprint density at radius 3 is 2.47 bits per heavy atom. The standard InChI is InChI=1S/C11H11IN4O2S/c12-8-3-5-9(6-4-8)16-19(17,18)10-2-1-7-14-11(10)15-13/h1-7,16H,13H2,(H,14,15). The molecule has 2 rings (SSSR count). The van der Waals surface area contributed by atoms with Gasteiger partial charge >= 0.3 is 0 Å². The van der Waals surface area contributed by atoms with Crippen LogP contribution in [0.2, 0.25) is 0 Å². The molecule has 100 valence electrons. The SMILES string of the molecule is NNc1ncccc1S(=O)(=O)Nc1ccc(I)cc1. The van der Waals surface area contributed by atoms with Crippen LogP contribution in [-0.4, -0.2) is 13.4 Å². The predicted octanol–water partition coefficient (Wildman–Crippen LogP) is 1.77. The van der Waals surface area contributed by atoms with E-state index in [1.807, 2.05) is 12.1 Å². The van der Waals surface area contributed by atoms with Crippen molar-refractivity contribution in [2.45, 2.75) is 4.90 Å². The Bertz CT molecular complexity index is 673. The first-order valence-corrected chi connectivity index (χ1v) is 7.79. The fourth-order valence-electron chi connectivity index (χ4n) is 1.44. The molecule has 0 aliphatic carbocycles. The van der Waals surface area contributed by atoms with E-state index in [1.54, 1.807) is 12.1 Å². The van der Waals surface area contributed by atoms with Crippen molar-refractivity contribution < 1.29 is 8.42 Å². The third-order valence-corrected chi connectivity index (χ3v) is 4.43. The molecule has 0 spiro atoms. The van der Waals surface area contributed by atoms with Gasteiger partial charge in [0.1, 0.15) is 4.90 Å². The summed E-state index contributed by atoms with van der Waals surface area (Å²) in [5, 5.41) is 0. The van der Waals surface area contributed by atoms with Crippen molar-refractivity contribution in [1.82, 2.24) is 4.98 Å². The molecule has 0 bridgehead atoms. The number of sulfonamides is 1. The smallest absolute Gasteiger partial charge is 0.265 e. The topological polar surface area (TPSA) is 97.1 Å². The van der Waals surface area contributed by atoms with Gasteiger partial charge in [0.25, 0.3) is 10.0 Å². The molecule has 1 heterocycles. The van der Waals surface area contributed by atoms with Gasteiger partial charge in [-0.1, -0.05) is 0 Å². The van der Waals surface area contributed by atoms with Crippen LogP contribution < -0.4 is 16.0 Å². The number of rotatable bonds is 4. The van der Waals surface area contributed by atoms with E-state index < -0.39 is 10.0 Å². The minimum atomic E-state index is -3.73. The number of nitrogens with one attached hydrogen (secondary N) is 2. The van der Waals surface area contributed by atoms with Crippen molar-refractivity contribution in [3.8, 4) is 0 Å². The molecule has 0 aliphatic heterocycles. The van der Waals surface area contributed by atoms with Gasteiger partial charge < -0.3 is 5.43 Å². The van der Waals surface area contributed by atoms with Crippen LogP contribution in [-0.2, 0) is 10.0 Å². The quantitative estimate of drug-likeness (QED) is 0.420. The van der Waals surface area contributed by atoms with E-state index in [-0.39, 0.29) is 10.7 Å². The maximum Gasteiger partial charge on any atom is 0.265 e. The molecule has 6 nitrogen and oxygen atoms in total. The lowest BCUT2D eigenvalue weighted by Gasteiger charge is -2.10. The molecule has 0 amide bonds. The van der Waals surface area contributed by atoms with Gasteiger partial charge in [-0.3, -0.25) is 4.72 Å². The van der Waals surface area contributed by atoms with Crippen LogP contribution in [0.1, 0.15) is 0 Å². The van der Waals surface area contributed by atoms with Gasteiger partial charge in [-0.05, 0) is 59.0 Å². The van der Waals surface area contributed by atoms with E-state index in [0.29, 0.717) is 5.69 Å². The Hall–Kier alpha value is -1.39. The van der Waals surface area contributed by atoms with Gasteiger partial charge in [-0.2, -0.15) is 0 Å². The highest BCUT2D eigenvalue weighted by molar-refractivity contribution is 14.1. The Balaban J connectivity index is 2.35. The van der Waals surface area contributed by atoms with E-state index in [1.165, 1.54) is 18.3 Å². The molecule has 1 aromatic heterocycles. The Morgan fingerprint density at radius 2 is 1.84 bits per heavy atom. The highest BCUT2D eigenvalue weighted by Gasteiger charge is 2.18. The summed E-state index contributed by atoms with van der Waals surface area (Å²) in [7, 11) is -3.73. The second-order valence-corrected chi connectivity index (χ2v) is 6.50. The van der Waals surface area contributed by atoms with Crippen LogP contribution in [0.5, 0.6) is 0 Å². The number of hydrazine groups is 1. The molecule has 4 N–H and O–H groups in total. The molecule has 8 heteroatoms. The van der Waals surface area contributed by atoms with Crippen molar-refractivity contribution in [3.05, 3.63) is 46.2 Å². The van der Waals surface area contributed by atoms with Gasteiger partial charge in [0.05, 0.1) is 0 Å². The second kappa shape index (κ2) is 5.72. The summed E-state index contributed by atoms with van der Waals surface area (Å²) < 4.78 is 27.9. The fraction of sp³-hybridized carbons (Fsp3) is 0. The van der Waals surface area contributed by atoms with Crippen molar-refractivity contribution in [2.75, 3.05) is 10.1 Å². The number of pyridine rings is 1. The van der Waals surface area contributed by atoms with Crippen LogP contribution in [0.4, 0.5) is 11.5 Å². The van der Waals surface area contributed by atoms with Gasteiger partial charge in [0.15, 0.2) is 5.82 Å². The molecule has 0 saturated carbocycles. The lowest BCUT2D eigenvalue weighted by atomic mass is 10.3. The summed E-state index contributed by atoms with van der Waals surface area (Å²) in [5.41, 5.74) is 2.74. The highest BCUT2D eigenvalue weighted by Crippen LogP contribution is 2.21. The van der Waals surface area contributed by atoms with Crippen LogP contribution in [0.15, 0.2) is 47.5 Å². The van der Waals surface area contributed by atoms with Crippen LogP contribution >= 0.6 is 22.6 Å². The van der Waals surface area contributed by atoms with Crippen LogP contribution in [0.3, 0.4) is 0 Å². The number of aromatic nitrogens is 1. The van der Waals surface area contributed by atoms with Crippen molar-refractivity contribution in [3.63, 3.8) is 0 Å². The summed E-state index contributed by atoms with van der Waals surface area (Å²) in [6, 6.07) is 9.95. The number of nitrogen functional groups attached to an aromatic ring is 1. The normalized spacial score (nSPS) is 11.1. The summed E-state index contributed by atoms with van der Waals surface area (Å²) in [4.78, 5) is 3.86.